The Balaban J connectivity index is 0.00000208. The van der Waals surface area contributed by atoms with E-state index in [0.717, 1.165) is 21.3 Å². The van der Waals surface area contributed by atoms with Crippen molar-refractivity contribution in [3.05, 3.63) is 129 Å². The van der Waals surface area contributed by atoms with Gasteiger partial charge in [-0.25, -0.2) is 0 Å². The number of hydrogen-bond acceptors (Lipinski definition) is 0. The molecule has 0 nitrogen and oxygen atoms in total. The van der Waals surface area contributed by atoms with E-state index in [2.05, 4.69) is 139 Å². The number of benzene rings is 4. The average Bonchev–Trinajstić information content (AvgIpc) is 3.37. The van der Waals surface area contributed by atoms with Gasteiger partial charge in [0.2, 0.25) is 0 Å². The molecule has 4 atom stereocenters. The zero-order valence-corrected chi connectivity index (χ0v) is 33.3. The monoisotopic (exact) mass is 722 g/mol. The molecule has 1 saturated heterocycles. The number of halogens is 2. The number of fused-ring (bicyclic) bond motifs is 3. The Morgan fingerprint density at radius 3 is 1.29 bits per heavy atom. The molecule has 0 aromatic heterocycles. The molecule has 0 spiro atoms. The summed E-state index contributed by atoms with van der Waals surface area (Å²) in [4.78, 5) is 0. The molecule has 254 valence electrons. The molecule has 4 aliphatic rings. The molecule has 0 radical (unpaired) electrons. The Labute approximate surface area is 312 Å². The van der Waals surface area contributed by atoms with Gasteiger partial charge in [-0.2, -0.15) is 0 Å². The predicted octanol–water partition coefficient (Wildman–Crippen LogP) is 7.36. The Morgan fingerprint density at radius 2 is 0.939 bits per heavy atom. The second kappa shape index (κ2) is 14.3. The van der Waals surface area contributed by atoms with E-state index in [9.17, 15) is 0 Å². The third-order valence-corrected chi connectivity index (χ3v) is 23.5. The first-order chi connectivity index (χ1) is 22.9. The third kappa shape index (κ3) is 5.78. The van der Waals surface area contributed by atoms with E-state index in [1.54, 1.807) is 22.3 Å². The molecule has 2 fully saturated rings. The van der Waals surface area contributed by atoms with Crippen LogP contribution in [0.25, 0.3) is 34.4 Å². The van der Waals surface area contributed by atoms with Crippen LogP contribution in [0.5, 0.6) is 0 Å². The second-order valence-electron chi connectivity index (χ2n) is 15.7. The summed E-state index contributed by atoms with van der Waals surface area (Å²) in [7, 11) is 0. The van der Waals surface area contributed by atoms with Gasteiger partial charge in [-0.05, 0) is 0 Å². The summed E-state index contributed by atoms with van der Waals surface area (Å²) >= 11 is -2.72. The van der Waals surface area contributed by atoms with Gasteiger partial charge < -0.3 is 24.8 Å². The normalized spacial score (nSPS) is 23.4. The number of hydrogen-bond donors (Lipinski definition) is 0. The Kier molecular flexibility index (Phi) is 10.7. The van der Waals surface area contributed by atoms with Gasteiger partial charge in [0.25, 0.3) is 0 Å². The van der Waals surface area contributed by atoms with Crippen molar-refractivity contribution in [1.82, 2.24) is 0 Å². The summed E-state index contributed by atoms with van der Waals surface area (Å²) < 4.78 is 3.25. The smallest absolute Gasteiger partial charge is 1.00 e. The van der Waals surface area contributed by atoms with Crippen LogP contribution in [-0.4, -0.2) is 0 Å². The first-order valence-electron chi connectivity index (χ1n) is 18.8. The van der Waals surface area contributed by atoms with Crippen molar-refractivity contribution in [2.24, 2.45) is 11.8 Å². The van der Waals surface area contributed by atoms with Crippen LogP contribution in [0.1, 0.15) is 109 Å². The van der Waals surface area contributed by atoms with E-state index in [-0.39, 0.29) is 24.8 Å². The number of allylic oxidation sites excluding steroid dienone is 2. The quantitative estimate of drug-likeness (QED) is 0.167. The molecule has 1 aliphatic heterocycles. The Bertz CT molecular complexity index is 1740. The van der Waals surface area contributed by atoms with Gasteiger partial charge in [-0.15, -0.1) is 0 Å². The predicted molar refractivity (Wildman–Crippen MR) is 200 cm³/mol. The molecule has 1 saturated carbocycles. The molecule has 3 heteroatoms. The maximum absolute atomic E-state index is 2.72. The van der Waals surface area contributed by atoms with E-state index >= 15 is 0 Å². The topological polar surface area (TPSA) is 0 Å². The molecule has 4 unspecified atom stereocenters. The minimum absolute atomic E-state index is 0. The standard InChI is InChI=1S/2C20H21.C6H10.2ClH.Ti/c2*1-4-15-8-10-16(11-9-15)19-7-5-6-17-12-18(14(2)3)13-20(17)19;1-2-4-6-5-3-1;;;/h2*5-14H,4H2,1-3H3;1-2H,3-6H2;2*1H;/q;;;;;+2/p-2. The summed E-state index contributed by atoms with van der Waals surface area (Å²) in [6.45, 7) is 14.5. The van der Waals surface area contributed by atoms with Crippen LogP contribution in [0.3, 0.4) is 0 Å². The molecule has 0 amide bonds. The molecule has 3 aliphatic carbocycles. The summed E-state index contributed by atoms with van der Waals surface area (Å²) in [5, 5.41) is 0. The van der Waals surface area contributed by atoms with Crippen molar-refractivity contribution in [2.45, 2.75) is 97.0 Å². The van der Waals surface area contributed by atoms with Gasteiger partial charge in [0, 0.05) is 0 Å². The van der Waals surface area contributed by atoms with Gasteiger partial charge in [-0.1, -0.05) is 0 Å². The van der Waals surface area contributed by atoms with Crippen molar-refractivity contribution < 1.29 is 41.4 Å². The summed E-state index contributed by atoms with van der Waals surface area (Å²) in [5.41, 5.74) is 18.4. The maximum Gasteiger partial charge on any atom is -1.00 e. The third-order valence-electron chi connectivity index (χ3n) is 12.8. The molecule has 1 heterocycles. The van der Waals surface area contributed by atoms with E-state index < -0.39 is 16.6 Å². The van der Waals surface area contributed by atoms with E-state index in [4.69, 9.17) is 0 Å². The molecular weight excluding hydrogens is 671 g/mol. The Hall–Kier alpha value is -2.35. The zero-order valence-electron chi connectivity index (χ0n) is 30.2. The largest absolute Gasteiger partial charge is 1.00 e. The SMILES string of the molecule is CCc1ccc(-c2cccc3c2C=C(C(C)C)[CH]3[Ti+2]2([CH]3C(C(C)C)=Cc4c(-c5ccc(CC)cc5)cccc43)[CH]3CCCC[CH]32)cc1.[Cl-].[Cl-]. The van der Waals surface area contributed by atoms with Gasteiger partial charge >= 0.3 is 289 Å². The molecule has 8 rings (SSSR count). The van der Waals surface area contributed by atoms with E-state index in [1.807, 2.05) is 0 Å². The van der Waals surface area contributed by atoms with E-state index in [0.29, 0.717) is 20.3 Å². The van der Waals surface area contributed by atoms with Crippen LogP contribution >= 0.6 is 0 Å². The van der Waals surface area contributed by atoms with Crippen molar-refractivity contribution in [3.63, 3.8) is 0 Å². The molecule has 0 N–H and O–H groups in total. The maximum atomic E-state index is 2.70. The van der Waals surface area contributed by atoms with Gasteiger partial charge in [0.1, 0.15) is 0 Å². The van der Waals surface area contributed by atoms with Crippen LogP contribution in [0, 0.1) is 11.8 Å². The van der Waals surface area contributed by atoms with Crippen LogP contribution < -0.4 is 24.8 Å². The van der Waals surface area contributed by atoms with Crippen molar-refractivity contribution in [3.8, 4) is 22.3 Å². The molecule has 4 aromatic carbocycles. The second-order valence-corrected chi connectivity index (χ2v) is 22.9. The first-order valence-corrected chi connectivity index (χ1v) is 22.4. The minimum atomic E-state index is -2.72. The van der Waals surface area contributed by atoms with Crippen LogP contribution in [-0.2, 0) is 29.4 Å². The summed E-state index contributed by atoms with van der Waals surface area (Å²) in [6.07, 6.45) is 13.4. The van der Waals surface area contributed by atoms with Gasteiger partial charge in [-0.3, -0.25) is 0 Å². The number of aryl methyl sites for hydroxylation is 2. The zero-order chi connectivity index (χ0) is 32.4. The van der Waals surface area contributed by atoms with Crippen molar-refractivity contribution in [1.29, 1.82) is 0 Å². The fraction of sp³-hybridized carbons (Fsp3) is 0.391. The Morgan fingerprint density at radius 1 is 0.551 bits per heavy atom. The first kappa shape index (κ1) is 36.4. The molecule has 0 bridgehead atoms. The summed E-state index contributed by atoms with van der Waals surface area (Å²) in [5.74, 6) is 1.12. The van der Waals surface area contributed by atoms with E-state index in [1.165, 1.54) is 70.2 Å². The number of rotatable bonds is 8. The van der Waals surface area contributed by atoms with Crippen LogP contribution in [0.4, 0.5) is 0 Å². The van der Waals surface area contributed by atoms with Crippen LogP contribution in [0.2, 0.25) is 8.45 Å². The fourth-order valence-electron chi connectivity index (χ4n) is 10.6. The van der Waals surface area contributed by atoms with Crippen molar-refractivity contribution in [2.75, 3.05) is 0 Å². The molecule has 49 heavy (non-hydrogen) atoms. The molecule has 4 aromatic rings. The molecular formula is C46H52Cl2Ti. The van der Waals surface area contributed by atoms with Crippen LogP contribution in [0.15, 0.2) is 96.1 Å². The van der Waals surface area contributed by atoms with Gasteiger partial charge in [0.05, 0.1) is 0 Å². The average molecular weight is 724 g/mol. The summed E-state index contributed by atoms with van der Waals surface area (Å²) in [6, 6.07) is 33.6. The van der Waals surface area contributed by atoms with Crippen molar-refractivity contribution >= 4 is 12.2 Å². The minimum Gasteiger partial charge on any atom is -1.00 e. The van der Waals surface area contributed by atoms with Gasteiger partial charge in [0.15, 0.2) is 0 Å². The fourth-order valence-corrected chi connectivity index (χ4v) is 25.1.